The molecule has 2 amide bonds. The van der Waals surface area contributed by atoms with Gasteiger partial charge in [-0.2, -0.15) is 0 Å². The first kappa shape index (κ1) is 18.6. The molecule has 0 aliphatic carbocycles. The highest BCUT2D eigenvalue weighted by molar-refractivity contribution is 8.00. The molecule has 0 aromatic heterocycles. The van der Waals surface area contributed by atoms with Crippen molar-refractivity contribution in [1.29, 1.82) is 0 Å². The van der Waals surface area contributed by atoms with Gasteiger partial charge in [0.05, 0.1) is 4.87 Å². The SMILES string of the molecule is CC(C)CC(=O)N1CCSC12CCN(C(=O)CC(C)(C)C)CC2. The van der Waals surface area contributed by atoms with E-state index >= 15 is 0 Å². The molecule has 1 spiro atoms. The summed E-state index contributed by atoms with van der Waals surface area (Å²) >= 11 is 1.92. The van der Waals surface area contributed by atoms with Crippen LogP contribution in [0, 0.1) is 11.3 Å². The van der Waals surface area contributed by atoms with Gasteiger partial charge in [0.15, 0.2) is 0 Å². The van der Waals surface area contributed by atoms with Gasteiger partial charge in [0.2, 0.25) is 11.8 Å². The van der Waals surface area contributed by atoms with Crippen LogP contribution >= 0.6 is 11.8 Å². The van der Waals surface area contributed by atoms with Gasteiger partial charge in [-0.15, -0.1) is 11.8 Å². The van der Waals surface area contributed by atoms with Crippen LogP contribution in [0.5, 0.6) is 0 Å². The molecule has 2 heterocycles. The Kier molecular flexibility index (Phi) is 5.70. The van der Waals surface area contributed by atoms with Crippen molar-refractivity contribution in [3.63, 3.8) is 0 Å². The lowest BCUT2D eigenvalue weighted by molar-refractivity contribution is -0.138. The lowest BCUT2D eigenvalue weighted by atomic mass is 9.91. The Balaban J connectivity index is 1.96. The third-order valence-electron chi connectivity index (χ3n) is 4.64. The molecule has 0 unspecified atom stereocenters. The van der Waals surface area contributed by atoms with Crippen LogP contribution in [0.3, 0.4) is 0 Å². The summed E-state index contributed by atoms with van der Waals surface area (Å²) in [6, 6.07) is 0. The number of nitrogens with zero attached hydrogens (tertiary/aromatic N) is 2. The first-order valence-electron chi connectivity index (χ1n) is 8.85. The number of hydrogen-bond acceptors (Lipinski definition) is 3. The monoisotopic (exact) mass is 340 g/mol. The molecule has 0 aromatic rings. The first-order valence-corrected chi connectivity index (χ1v) is 9.84. The normalized spacial score (nSPS) is 21.3. The van der Waals surface area contributed by atoms with E-state index < -0.39 is 0 Å². The molecule has 2 rings (SSSR count). The lowest BCUT2D eigenvalue weighted by Gasteiger charge is -2.44. The van der Waals surface area contributed by atoms with Gasteiger partial charge in [-0.3, -0.25) is 9.59 Å². The van der Waals surface area contributed by atoms with Crippen molar-refractivity contribution in [3.8, 4) is 0 Å². The van der Waals surface area contributed by atoms with Gasteiger partial charge >= 0.3 is 0 Å². The molecule has 2 fully saturated rings. The molecule has 2 saturated heterocycles. The minimum atomic E-state index is -0.0511. The summed E-state index contributed by atoms with van der Waals surface area (Å²) in [6.45, 7) is 13.0. The molecule has 0 atom stereocenters. The van der Waals surface area contributed by atoms with Crippen LogP contribution < -0.4 is 0 Å². The molecular formula is C18H32N2O2S. The number of thioether (sulfide) groups is 1. The molecule has 0 N–H and O–H groups in total. The highest BCUT2D eigenvalue weighted by Crippen LogP contribution is 2.44. The Hall–Kier alpha value is -0.710. The van der Waals surface area contributed by atoms with E-state index in [4.69, 9.17) is 0 Å². The number of likely N-dealkylation sites (tertiary alicyclic amines) is 1. The van der Waals surface area contributed by atoms with E-state index in [9.17, 15) is 9.59 Å². The number of rotatable bonds is 3. The summed E-state index contributed by atoms with van der Waals surface area (Å²) in [7, 11) is 0. The van der Waals surface area contributed by atoms with Gasteiger partial charge in [-0.05, 0) is 24.2 Å². The van der Waals surface area contributed by atoms with Crippen LogP contribution in [0.15, 0.2) is 0 Å². The topological polar surface area (TPSA) is 40.6 Å². The molecule has 0 saturated carbocycles. The molecular weight excluding hydrogens is 308 g/mol. The number of carbonyl (C=O) groups excluding carboxylic acids is 2. The molecule has 4 nitrogen and oxygen atoms in total. The van der Waals surface area contributed by atoms with Crippen molar-refractivity contribution in [1.82, 2.24) is 9.80 Å². The Bertz CT molecular complexity index is 448. The standard InChI is InChI=1S/C18H32N2O2S/c1-14(2)12-15(21)20-10-11-23-18(20)6-8-19(9-7-18)16(22)13-17(3,4)5/h14H,6-13H2,1-5H3. The predicted octanol–water partition coefficient (Wildman–Crippen LogP) is 3.36. The van der Waals surface area contributed by atoms with Gasteiger partial charge in [0, 0.05) is 38.2 Å². The van der Waals surface area contributed by atoms with E-state index in [1.807, 2.05) is 16.7 Å². The van der Waals surface area contributed by atoms with Gasteiger partial charge < -0.3 is 9.80 Å². The van der Waals surface area contributed by atoms with Gasteiger partial charge in [0.1, 0.15) is 0 Å². The fourth-order valence-corrected chi connectivity index (χ4v) is 4.98. The van der Waals surface area contributed by atoms with Crippen molar-refractivity contribution < 1.29 is 9.59 Å². The molecule has 2 aliphatic heterocycles. The average molecular weight is 341 g/mol. The maximum atomic E-state index is 12.6. The summed E-state index contributed by atoms with van der Waals surface area (Å²) in [6.07, 6.45) is 3.06. The van der Waals surface area contributed by atoms with E-state index in [0.717, 1.165) is 38.2 Å². The molecule has 23 heavy (non-hydrogen) atoms. The minimum Gasteiger partial charge on any atom is -0.342 e. The zero-order valence-electron chi connectivity index (χ0n) is 15.4. The first-order chi connectivity index (χ1) is 10.6. The highest BCUT2D eigenvalue weighted by atomic mass is 32.2. The summed E-state index contributed by atoms with van der Waals surface area (Å²) in [4.78, 5) is 29.0. The number of carbonyl (C=O) groups is 2. The van der Waals surface area contributed by atoms with Crippen molar-refractivity contribution in [2.75, 3.05) is 25.4 Å². The van der Waals surface area contributed by atoms with Crippen LogP contribution in [0.1, 0.15) is 60.3 Å². The van der Waals surface area contributed by atoms with Crippen LogP contribution in [0.2, 0.25) is 0 Å². The molecule has 0 radical (unpaired) electrons. The van der Waals surface area contributed by atoms with Crippen LogP contribution in [-0.4, -0.2) is 51.9 Å². The third-order valence-corrected chi connectivity index (χ3v) is 6.19. The van der Waals surface area contributed by atoms with Gasteiger partial charge in [0.25, 0.3) is 0 Å². The van der Waals surface area contributed by atoms with E-state index in [1.54, 1.807) is 0 Å². The minimum absolute atomic E-state index is 0.0353. The van der Waals surface area contributed by atoms with Crippen LogP contribution in [0.25, 0.3) is 0 Å². The second-order valence-corrected chi connectivity index (χ2v) is 10.0. The maximum Gasteiger partial charge on any atom is 0.223 e. The molecule has 132 valence electrons. The van der Waals surface area contributed by atoms with E-state index in [2.05, 4.69) is 39.5 Å². The molecule has 2 aliphatic rings. The Morgan fingerprint density at radius 3 is 2.22 bits per heavy atom. The molecule has 0 aromatic carbocycles. The predicted molar refractivity (Wildman–Crippen MR) is 96.2 cm³/mol. The molecule has 0 bridgehead atoms. The average Bonchev–Trinajstić information content (AvgIpc) is 2.80. The number of piperidine rings is 1. The second kappa shape index (κ2) is 7.04. The largest absolute Gasteiger partial charge is 0.342 e. The smallest absolute Gasteiger partial charge is 0.223 e. The third kappa shape index (κ3) is 4.65. The van der Waals surface area contributed by atoms with Crippen molar-refractivity contribution >= 4 is 23.6 Å². The summed E-state index contributed by atoms with van der Waals surface area (Å²) in [5, 5.41) is 0. The zero-order valence-corrected chi connectivity index (χ0v) is 16.2. The zero-order chi connectivity index (χ0) is 17.3. The highest BCUT2D eigenvalue weighted by Gasteiger charge is 2.46. The van der Waals surface area contributed by atoms with Crippen molar-refractivity contribution in [3.05, 3.63) is 0 Å². The Morgan fingerprint density at radius 2 is 1.70 bits per heavy atom. The fraction of sp³-hybridized carbons (Fsp3) is 0.889. The summed E-state index contributed by atoms with van der Waals surface area (Å²) in [5.41, 5.74) is 0.0353. The Labute approximate surface area is 145 Å². The fourth-order valence-electron chi connectivity index (χ4n) is 3.51. The Morgan fingerprint density at radius 1 is 1.09 bits per heavy atom. The van der Waals surface area contributed by atoms with Crippen molar-refractivity contribution in [2.45, 2.75) is 65.2 Å². The van der Waals surface area contributed by atoms with Crippen LogP contribution in [-0.2, 0) is 9.59 Å². The van der Waals surface area contributed by atoms with Crippen LogP contribution in [0.4, 0.5) is 0 Å². The van der Waals surface area contributed by atoms with Gasteiger partial charge in [-0.1, -0.05) is 34.6 Å². The number of amides is 2. The second-order valence-electron chi connectivity index (χ2n) is 8.56. The summed E-state index contributed by atoms with van der Waals surface area (Å²) in [5.74, 6) is 1.98. The lowest BCUT2D eigenvalue weighted by Crippen LogP contribution is -2.54. The quantitative estimate of drug-likeness (QED) is 0.791. The number of hydrogen-bond donors (Lipinski definition) is 0. The molecule has 5 heteroatoms. The van der Waals surface area contributed by atoms with Crippen molar-refractivity contribution in [2.24, 2.45) is 11.3 Å². The van der Waals surface area contributed by atoms with E-state index in [1.165, 1.54) is 0 Å². The van der Waals surface area contributed by atoms with E-state index in [0.29, 0.717) is 24.7 Å². The summed E-state index contributed by atoms with van der Waals surface area (Å²) < 4.78 is 0. The maximum absolute atomic E-state index is 12.6. The van der Waals surface area contributed by atoms with Gasteiger partial charge in [-0.25, -0.2) is 0 Å². The van der Waals surface area contributed by atoms with E-state index in [-0.39, 0.29) is 16.2 Å².